The van der Waals surface area contributed by atoms with Gasteiger partial charge in [-0.25, -0.2) is 9.97 Å². The van der Waals surface area contributed by atoms with E-state index < -0.39 is 0 Å². The Morgan fingerprint density at radius 1 is 1.50 bits per heavy atom. The normalized spacial score (nSPS) is 18.6. The highest BCUT2D eigenvalue weighted by atomic mass is 15.0. The number of nitrogens with one attached hydrogen (secondary N) is 1. The lowest BCUT2D eigenvalue weighted by Crippen LogP contribution is -2.01. The first-order valence-electron chi connectivity index (χ1n) is 4.79. The van der Waals surface area contributed by atoms with E-state index in [1.807, 2.05) is 6.07 Å². The number of H-pyrrole nitrogens is 1. The maximum absolute atomic E-state index is 5.65. The van der Waals surface area contributed by atoms with Crippen molar-refractivity contribution in [1.82, 2.24) is 15.0 Å². The summed E-state index contributed by atoms with van der Waals surface area (Å²) in [5, 5.41) is 0. The Morgan fingerprint density at radius 3 is 3.00 bits per heavy atom. The smallest absolute Gasteiger partial charge is 0.177 e. The lowest BCUT2D eigenvalue weighted by molar-refractivity contribution is 0.727. The highest BCUT2D eigenvalue weighted by Crippen LogP contribution is 2.46. The summed E-state index contributed by atoms with van der Waals surface area (Å²) in [4.78, 5) is 11.9. The molecule has 0 amide bonds. The lowest BCUT2D eigenvalue weighted by atomic mass is 10.1. The van der Waals surface area contributed by atoms with Crippen LogP contribution >= 0.6 is 0 Å². The number of imidazole rings is 1. The van der Waals surface area contributed by atoms with E-state index in [2.05, 4.69) is 21.9 Å². The van der Waals surface area contributed by atoms with Crippen molar-refractivity contribution in [3.63, 3.8) is 0 Å². The molecule has 1 aliphatic rings. The predicted octanol–water partition coefficient (Wildman–Crippen LogP) is 1.59. The Balaban J connectivity index is 2.20. The Morgan fingerprint density at radius 2 is 2.29 bits per heavy atom. The van der Waals surface area contributed by atoms with Crippen LogP contribution in [0.4, 0.5) is 5.69 Å². The molecule has 3 rings (SSSR count). The van der Waals surface area contributed by atoms with Gasteiger partial charge in [0.2, 0.25) is 0 Å². The van der Waals surface area contributed by atoms with E-state index >= 15 is 0 Å². The van der Waals surface area contributed by atoms with E-state index in [0.29, 0.717) is 5.69 Å². The lowest BCUT2D eigenvalue weighted by Gasteiger charge is -2.00. The number of nitrogens with two attached hydrogens (primary N) is 1. The van der Waals surface area contributed by atoms with Crippen LogP contribution in [-0.2, 0) is 5.41 Å². The molecule has 0 bridgehead atoms. The number of rotatable bonds is 1. The third-order valence-electron chi connectivity index (χ3n) is 2.93. The van der Waals surface area contributed by atoms with Crippen LogP contribution in [0.25, 0.3) is 11.2 Å². The Labute approximate surface area is 81.6 Å². The molecule has 4 nitrogen and oxygen atoms in total. The van der Waals surface area contributed by atoms with Crippen LogP contribution < -0.4 is 5.73 Å². The number of aromatic amines is 1. The van der Waals surface area contributed by atoms with Gasteiger partial charge in [-0.15, -0.1) is 0 Å². The molecule has 2 aromatic rings. The molecule has 0 spiro atoms. The molecule has 2 aromatic heterocycles. The van der Waals surface area contributed by atoms with E-state index in [-0.39, 0.29) is 5.41 Å². The Hall–Kier alpha value is -1.58. The van der Waals surface area contributed by atoms with Crippen LogP contribution in [0.15, 0.2) is 12.3 Å². The van der Waals surface area contributed by atoms with Crippen molar-refractivity contribution < 1.29 is 0 Å². The third kappa shape index (κ3) is 0.999. The first kappa shape index (κ1) is 7.79. The molecular weight excluding hydrogens is 176 g/mol. The molecule has 3 N–H and O–H groups in total. The second-order valence-corrected chi connectivity index (χ2v) is 4.29. The van der Waals surface area contributed by atoms with Gasteiger partial charge in [-0.05, 0) is 18.9 Å². The summed E-state index contributed by atoms with van der Waals surface area (Å²) in [6.07, 6.45) is 4.06. The fourth-order valence-corrected chi connectivity index (χ4v) is 1.63. The molecular formula is C10H12N4. The summed E-state index contributed by atoms with van der Waals surface area (Å²) in [5.41, 5.74) is 8.29. The number of hydrogen-bond donors (Lipinski definition) is 2. The molecule has 2 heterocycles. The van der Waals surface area contributed by atoms with Gasteiger partial charge >= 0.3 is 0 Å². The maximum Gasteiger partial charge on any atom is 0.177 e. The first-order valence-corrected chi connectivity index (χ1v) is 4.79. The molecule has 14 heavy (non-hydrogen) atoms. The highest BCUT2D eigenvalue weighted by molar-refractivity contribution is 5.74. The molecule has 0 atom stereocenters. The SMILES string of the molecule is CC1(c2nc3ncc(N)cc3[nH]2)CC1. The van der Waals surface area contributed by atoms with E-state index in [1.165, 1.54) is 12.8 Å². The van der Waals surface area contributed by atoms with Gasteiger partial charge in [0.1, 0.15) is 5.82 Å². The number of pyridine rings is 1. The molecule has 0 unspecified atom stereocenters. The molecule has 4 heteroatoms. The minimum absolute atomic E-state index is 0.259. The van der Waals surface area contributed by atoms with Gasteiger partial charge in [-0.2, -0.15) is 0 Å². The summed E-state index contributed by atoms with van der Waals surface area (Å²) >= 11 is 0. The minimum atomic E-state index is 0.259. The molecule has 72 valence electrons. The number of nitrogens with zero attached hydrogens (tertiary/aromatic N) is 2. The van der Waals surface area contributed by atoms with Gasteiger partial charge in [0.15, 0.2) is 5.65 Å². The molecule has 0 radical (unpaired) electrons. The van der Waals surface area contributed by atoms with Crippen LogP contribution in [0.2, 0.25) is 0 Å². The zero-order chi connectivity index (χ0) is 9.76. The van der Waals surface area contributed by atoms with Crippen molar-refractivity contribution in [3.05, 3.63) is 18.1 Å². The standard InChI is InChI=1S/C10H12N4/c1-10(2-3-10)9-13-7-4-6(11)5-12-8(7)14-9/h4-5H,2-3,11H2,1H3,(H,12,13,14). The van der Waals surface area contributed by atoms with Crippen molar-refractivity contribution in [2.45, 2.75) is 25.2 Å². The summed E-state index contributed by atoms with van der Waals surface area (Å²) in [6.45, 7) is 2.22. The second-order valence-electron chi connectivity index (χ2n) is 4.29. The molecule has 0 aliphatic heterocycles. The zero-order valence-electron chi connectivity index (χ0n) is 8.04. The van der Waals surface area contributed by atoms with E-state index in [9.17, 15) is 0 Å². The van der Waals surface area contributed by atoms with Crippen LogP contribution in [0.3, 0.4) is 0 Å². The molecule has 0 saturated heterocycles. The van der Waals surface area contributed by atoms with Gasteiger partial charge in [0, 0.05) is 5.41 Å². The zero-order valence-corrected chi connectivity index (χ0v) is 8.04. The number of hydrogen-bond acceptors (Lipinski definition) is 3. The van der Waals surface area contributed by atoms with Crippen molar-refractivity contribution in [2.24, 2.45) is 0 Å². The molecule has 1 saturated carbocycles. The molecule has 1 fully saturated rings. The van der Waals surface area contributed by atoms with Crippen LogP contribution in [-0.4, -0.2) is 15.0 Å². The van der Waals surface area contributed by atoms with Gasteiger partial charge < -0.3 is 10.7 Å². The van der Waals surface area contributed by atoms with E-state index in [1.54, 1.807) is 6.20 Å². The largest absolute Gasteiger partial charge is 0.397 e. The molecule has 1 aliphatic carbocycles. The minimum Gasteiger partial charge on any atom is -0.397 e. The second kappa shape index (κ2) is 2.26. The first-order chi connectivity index (χ1) is 6.67. The average Bonchev–Trinajstić information content (AvgIpc) is 2.77. The summed E-state index contributed by atoms with van der Waals surface area (Å²) in [7, 11) is 0. The highest BCUT2D eigenvalue weighted by Gasteiger charge is 2.42. The van der Waals surface area contributed by atoms with Gasteiger partial charge in [-0.1, -0.05) is 6.92 Å². The number of nitrogen functional groups attached to an aromatic ring is 1. The van der Waals surface area contributed by atoms with Crippen molar-refractivity contribution in [1.29, 1.82) is 0 Å². The fraction of sp³-hybridized carbons (Fsp3) is 0.400. The van der Waals surface area contributed by atoms with Gasteiger partial charge in [0.25, 0.3) is 0 Å². The number of anilines is 1. The molecule has 0 aromatic carbocycles. The van der Waals surface area contributed by atoms with Gasteiger partial charge in [0.05, 0.1) is 17.4 Å². The van der Waals surface area contributed by atoms with Crippen molar-refractivity contribution in [2.75, 3.05) is 5.73 Å². The Kier molecular flexibility index (Phi) is 1.26. The monoisotopic (exact) mass is 188 g/mol. The number of aromatic nitrogens is 3. The van der Waals surface area contributed by atoms with Crippen molar-refractivity contribution >= 4 is 16.9 Å². The topological polar surface area (TPSA) is 67.6 Å². The maximum atomic E-state index is 5.65. The van der Waals surface area contributed by atoms with Crippen molar-refractivity contribution in [3.8, 4) is 0 Å². The van der Waals surface area contributed by atoms with Gasteiger partial charge in [-0.3, -0.25) is 0 Å². The Bertz CT molecular complexity index is 496. The summed E-state index contributed by atoms with van der Waals surface area (Å²) in [6, 6.07) is 1.88. The average molecular weight is 188 g/mol. The summed E-state index contributed by atoms with van der Waals surface area (Å²) < 4.78 is 0. The summed E-state index contributed by atoms with van der Waals surface area (Å²) in [5.74, 6) is 1.05. The third-order valence-corrected chi connectivity index (χ3v) is 2.93. The predicted molar refractivity (Wildman–Crippen MR) is 54.9 cm³/mol. The van der Waals surface area contributed by atoms with Crippen LogP contribution in [0, 0.1) is 0 Å². The fourth-order valence-electron chi connectivity index (χ4n) is 1.63. The van der Waals surface area contributed by atoms with E-state index in [4.69, 9.17) is 5.73 Å². The van der Waals surface area contributed by atoms with E-state index in [0.717, 1.165) is 17.0 Å². The quantitative estimate of drug-likeness (QED) is 0.714. The van der Waals surface area contributed by atoms with Crippen LogP contribution in [0.5, 0.6) is 0 Å². The van der Waals surface area contributed by atoms with Crippen LogP contribution in [0.1, 0.15) is 25.6 Å². The number of fused-ring (bicyclic) bond motifs is 1.